The number of ether oxygens (including phenoxy) is 2. The number of hydrogen-bond donors (Lipinski definition) is 1. The minimum atomic E-state index is -0.210. The van der Waals surface area contributed by atoms with Crippen LogP contribution >= 0.6 is 0 Å². The van der Waals surface area contributed by atoms with Gasteiger partial charge in [-0.3, -0.25) is 9.79 Å². The number of methoxy groups -OCH3 is 2. The Kier molecular flexibility index (Phi) is 15.4. The summed E-state index contributed by atoms with van der Waals surface area (Å²) in [6, 6.07) is 16.6. The summed E-state index contributed by atoms with van der Waals surface area (Å²) < 4.78 is 9.92. The predicted molar refractivity (Wildman–Crippen MR) is 205 cm³/mol. The van der Waals surface area contributed by atoms with E-state index in [1.165, 1.54) is 19.1 Å². The highest BCUT2D eigenvalue weighted by Crippen LogP contribution is 2.39. The van der Waals surface area contributed by atoms with Gasteiger partial charge >= 0.3 is 6.09 Å². The topological polar surface area (TPSA) is 124 Å². The molecule has 2 saturated carbocycles. The van der Waals surface area contributed by atoms with Gasteiger partial charge in [0, 0.05) is 68.4 Å². The number of nitrogens with zero attached hydrogens (tertiary/aromatic N) is 5. The zero-order valence-electron chi connectivity index (χ0n) is 31.4. The van der Waals surface area contributed by atoms with Crippen LogP contribution in [0.3, 0.4) is 0 Å². The maximum absolute atomic E-state index is 14.0. The maximum atomic E-state index is 14.0. The van der Waals surface area contributed by atoms with Crippen molar-refractivity contribution in [3.8, 4) is 11.8 Å². The van der Waals surface area contributed by atoms with Gasteiger partial charge in [0.25, 0.3) is 0 Å². The number of nitriles is 1. The first-order valence-electron chi connectivity index (χ1n) is 18.6. The van der Waals surface area contributed by atoms with Crippen LogP contribution < -0.4 is 15.4 Å². The second kappa shape index (κ2) is 19.9. The van der Waals surface area contributed by atoms with E-state index in [0.29, 0.717) is 23.1 Å². The summed E-state index contributed by atoms with van der Waals surface area (Å²) in [7, 11) is 5.07. The van der Waals surface area contributed by atoms with Crippen LogP contribution in [0.4, 0.5) is 10.5 Å². The van der Waals surface area contributed by atoms with Gasteiger partial charge in [0.15, 0.2) is 0 Å². The molecule has 1 heterocycles. The molecule has 3 aliphatic rings. The molecule has 5 rings (SSSR count). The summed E-state index contributed by atoms with van der Waals surface area (Å²) in [4.78, 5) is 35.4. The van der Waals surface area contributed by atoms with Crippen molar-refractivity contribution in [2.45, 2.75) is 83.6 Å². The molecule has 0 radical (unpaired) electrons. The van der Waals surface area contributed by atoms with Crippen LogP contribution in [0.5, 0.6) is 5.75 Å². The number of amides is 2. The quantitative estimate of drug-likeness (QED) is 0.274. The molecule has 0 bridgehead atoms. The lowest BCUT2D eigenvalue weighted by molar-refractivity contribution is -0.123. The van der Waals surface area contributed by atoms with Crippen LogP contribution in [0.15, 0.2) is 53.7 Å². The third-order valence-electron chi connectivity index (χ3n) is 10.4. The fraction of sp³-hybridized carbons (Fsp3) is 0.561. The van der Waals surface area contributed by atoms with E-state index in [2.05, 4.69) is 50.8 Å². The van der Waals surface area contributed by atoms with Crippen molar-refractivity contribution >= 4 is 29.5 Å². The first-order valence-corrected chi connectivity index (χ1v) is 18.6. The number of nitrogens with two attached hydrogens (primary N) is 1. The fourth-order valence-corrected chi connectivity index (χ4v) is 7.31. The van der Waals surface area contributed by atoms with Gasteiger partial charge in [-0.2, -0.15) is 5.26 Å². The normalized spacial score (nSPS) is 20.3. The highest BCUT2D eigenvalue weighted by atomic mass is 16.5. The number of piperazine rings is 1. The van der Waals surface area contributed by atoms with Crippen LogP contribution in [-0.4, -0.2) is 88.0 Å². The van der Waals surface area contributed by atoms with Gasteiger partial charge in [0.1, 0.15) is 11.8 Å². The Hall–Kier alpha value is -4.36. The standard InChI is InChI=1S/C34H44N4O2.C7H14N2O2/c1-24(2)37-22-31(21-36)28-10-7-11-32(19-28)38(34(39)27-8-5-4-6-9-27)23-25-12-14-26(15-13-25)29-16-17-33(40-3)30(18-29)20-35;1-8-3-5-9(6-4-8)7(10)11-2/h7,10-11,16-19,21-22,24-27H,4-6,8-9,12-15,23,36H2,1-3H3;3-6H2,1-2H3/b31-21+,37-22?;. The van der Waals surface area contributed by atoms with E-state index in [0.717, 1.165) is 101 Å². The number of carbonyl (C=O) groups excluding carboxylic acids is 2. The second-order valence-electron chi connectivity index (χ2n) is 14.4. The zero-order chi connectivity index (χ0) is 36.8. The molecule has 2 aliphatic carbocycles. The molecule has 10 heteroatoms. The number of likely N-dealkylation sites (N-methyl/N-ethyl adjacent to an activating group) is 1. The Morgan fingerprint density at radius 1 is 1.00 bits per heavy atom. The number of benzene rings is 2. The third kappa shape index (κ3) is 11.3. The number of anilines is 1. The van der Waals surface area contributed by atoms with Crippen molar-refractivity contribution in [2.24, 2.45) is 22.6 Å². The predicted octanol–water partition coefficient (Wildman–Crippen LogP) is 7.23. The summed E-state index contributed by atoms with van der Waals surface area (Å²) in [6.45, 7) is 8.25. The van der Waals surface area contributed by atoms with Gasteiger partial charge in [0.05, 0.1) is 19.8 Å². The molecule has 2 aromatic carbocycles. The summed E-state index contributed by atoms with van der Waals surface area (Å²) in [5.41, 5.74) is 10.6. The van der Waals surface area contributed by atoms with Crippen LogP contribution in [0.25, 0.3) is 5.57 Å². The fourth-order valence-electron chi connectivity index (χ4n) is 7.31. The zero-order valence-corrected chi connectivity index (χ0v) is 31.4. The molecule has 1 aliphatic heterocycles. The summed E-state index contributed by atoms with van der Waals surface area (Å²) >= 11 is 0. The smallest absolute Gasteiger partial charge is 0.409 e. The molecule has 276 valence electrons. The molecule has 3 fully saturated rings. The highest BCUT2D eigenvalue weighted by molar-refractivity contribution is 6.10. The van der Waals surface area contributed by atoms with E-state index in [1.807, 2.05) is 44.3 Å². The van der Waals surface area contributed by atoms with E-state index in [-0.39, 0.29) is 24.0 Å². The largest absolute Gasteiger partial charge is 0.495 e. The van der Waals surface area contributed by atoms with Gasteiger partial charge in [-0.05, 0) is 107 Å². The Morgan fingerprint density at radius 2 is 1.71 bits per heavy atom. The lowest BCUT2D eigenvalue weighted by atomic mass is 9.78. The van der Waals surface area contributed by atoms with Crippen molar-refractivity contribution in [1.29, 1.82) is 5.26 Å². The van der Waals surface area contributed by atoms with Gasteiger partial charge < -0.3 is 29.9 Å². The summed E-state index contributed by atoms with van der Waals surface area (Å²) in [5, 5.41) is 9.52. The first-order chi connectivity index (χ1) is 24.7. The van der Waals surface area contributed by atoms with E-state index < -0.39 is 0 Å². The summed E-state index contributed by atoms with van der Waals surface area (Å²) in [5.74, 6) is 1.86. The van der Waals surface area contributed by atoms with Crippen LogP contribution in [0, 0.1) is 23.2 Å². The van der Waals surface area contributed by atoms with Crippen LogP contribution in [-0.2, 0) is 9.53 Å². The lowest BCUT2D eigenvalue weighted by Gasteiger charge is -2.35. The molecule has 0 atom stereocenters. The van der Waals surface area contributed by atoms with Crippen LogP contribution in [0.1, 0.15) is 94.2 Å². The SMILES string of the molecule is COC(=O)N1CCN(C)CC1.COc1ccc(C2CCC(CN(C(=O)C3CCCCC3)c3cccc(/C(C=NC(C)C)=C/N)c3)CC2)cc1C#N. The van der Waals surface area contributed by atoms with Gasteiger partial charge in [-0.15, -0.1) is 0 Å². The minimum Gasteiger partial charge on any atom is -0.495 e. The Labute approximate surface area is 305 Å². The average molecular weight is 699 g/mol. The molecule has 2 aromatic rings. The molecule has 0 spiro atoms. The number of aliphatic imine (C=N–C) groups is 1. The highest BCUT2D eigenvalue weighted by Gasteiger charge is 2.31. The second-order valence-corrected chi connectivity index (χ2v) is 14.4. The van der Waals surface area contributed by atoms with Crippen molar-refractivity contribution in [2.75, 3.05) is 58.9 Å². The Morgan fingerprint density at radius 3 is 2.31 bits per heavy atom. The van der Waals surface area contributed by atoms with E-state index in [4.69, 9.17) is 10.5 Å². The first kappa shape index (κ1) is 39.4. The number of rotatable bonds is 9. The number of allylic oxidation sites excluding steroid dienone is 1. The van der Waals surface area contributed by atoms with Crippen LogP contribution in [0.2, 0.25) is 0 Å². The van der Waals surface area contributed by atoms with Crippen molar-refractivity contribution in [3.05, 3.63) is 65.4 Å². The molecular weight excluding hydrogens is 640 g/mol. The van der Waals surface area contributed by atoms with Gasteiger partial charge in [0.2, 0.25) is 5.91 Å². The van der Waals surface area contributed by atoms with Gasteiger partial charge in [-0.25, -0.2) is 4.79 Å². The molecule has 2 amide bonds. The monoisotopic (exact) mass is 698 g/mol. The molecule has 51 heavy (non-hydrogen) atoms. The average Bonchev–Trinajstić information content (AvgIpc) is 3.17. The Balaban J connectivity index is 0.000000452. The molecule has 1 saturated heterocycles. The molecular formula is C41H58N6O4. The molecule has 2 N–H and O–H groups in total. The lowest BCUT2D eigenvalue weighted by Crippen LogP contribution is -2.47. The molecule has 10 nitrogen and oxygen atoms in total. The number of hydrogen-bond acceptors (Lipinski definition) is 8. The van der Waals surface area contributed by atoms with E-state index in [9.17, 15) is 14.9 Å². The maximum Gasteiger partial charge on any atom is 0.409 e. The Bertz CT molecular complexity index is 1530. The van der Waals surface area contributed by atoms with Gasteiger partial charge in [-0.1, -0.05) is 37.5 Å². The molecule has 0 aromatic heterocycles. The minimum absolute atomic E-state index is 0.101. The molecule has 0 unspecified atom stereocenters. The summed E-state index contributed by atoms with van der Waals surface area (Å²) in [6.07, 6.45) is 12.9. The third-order valence-corrected chi connectivity index (χ3v) is 10.4. The van der Waals surface area contributed by atoms with Crippen molar-refractivity contribution in [3.63, 3.8) is 0 Å². The number of carbonyl (C=O) groups is 2. The van der Waals surface area contributed by atoms with Crippen molar-refractivity contribution < 1.29 is 19.1 Å². The van der Waals surface area contributed by atoms with Crippen molar-refractivity contribution in [1.82, 2.24) is 9.80 Å². The van der Waals surface area contributed by atoms with E-state index in [1.54, 1.807) is 18.2 Å². The van der Waals surface area contributed by atoms with E-state index >= 15 is 0 Å².